The first-order chi connectivity index (χ1) is 7.80. The van der Waals surface area contributed by atoms with Gasteiger partial charge < -0.3 is 0 Å². The monoisotopic (exact) mass is 234 g/mol. The lowest BCUT2D eigenvalue weighted by Crippen LogP contribution is -2.44. The Hall–Kier alpha value is -0.590. The minimum Gasteiger partial charge on any atom is -0.299 e. The lowest BCUT2D eigenvalue weighted by molar-refractivity contribution is -0.127. The Bertz CT molecular complexity index is 375. The van der Waals surface area contributed by atoms with Gasteiger partial charge in [-0.15, -0.1) is 0 Å². The maximum atomic E-state index is 12.2. The van der Waals surface area contributed by atoms with E-state index in [1.165, 1.54) is 37.7 Å². The molecule has 0 fully saturated rings. The van der Waals surface area contributed by atoms with Gasteiger partial charge in [-0.1, -0.05) is 31.9 Å². The van der Waals surface area contributed by atoms with E-state index in [1.807, 2.05) is 0 Å². The standard InChI is InChI=1S/C16H26O/c1-11-8-9-13-7-6-10-15(3,4)14(13)16(11,5)12(2)17/h11H,6-10H2,1-5H3/t11-,16-/m1/s1. The molecule has 0 aromatic rings. The molecule has 0 heterocycles. The smallest absolute Gasteiger partial charge is 0.140 e. The van der Waals surface area contributed by atoms with Crippen LogP contribution in [0.25, 0.3) is 0 Å². The maximum Gasteiger partial charge on any atom is 0.140 e. The Kier molecular flexibility index (Phi) is 3.00. The fourth-order valence-corrected chi connectivity index (χ4v) is 4.24. The number of allylic oxidation sites excluding steroid dienone is 2. The summed E-state index contributed by atoms with van der Waals surface area (Å²) in [5.74, 6) is 0.864. The summed E-state index contributed by atoms with van der Waals surface area (Å²) >= 11 is 0. The van der Waals surface area contributed by atoms with Gasteiger partial charge in [0.2, 0.25) is 0 Å². The van der Waals surface area contributed by atoms with Gasteiger partial charge in [-0.05, 0) is 57.3 Å². The number of carbonyl (C=O) groups is 1. The minimum absolute atomic E-state index is 0.197. The van der Waals surface area contributed by atoms with Crippen molar-refractivity contribution in [2.75, 3.05) is 0 Å². The van der Waals surface area contributed by atoms with Crippen LogP contribution >= 0.6 is 0 Å². The number of Topliss-reactive ketones (excluding diaryl/α,β-unsaturated/α-hetero) is 1. The van der Waals surface area contributed by atoms with E-state index in [2.05, 4.69) is 27.7 Å². The molecule has 0 saturated carbocycles. The molecule has 0 spiro atoms. The molecule has 2 aliphatic carbocycles. The molecule has 2 rings (SSSR count). The molecule has 1 heteroatoms. The van der Waals surface area contributed by atoms with E-state index in [-0.39, 0.29) is 10.8 Å². The van der Waals surface area contributed by atoms with Crippen LogP contribution in [0.4, 0.5) is 0 Å². The minimum atomic E-state index is -0.197. The largest absolute Gasteiger partial charge is 0.299 e. The zero-order valence-corrected chi connectivity index (χ0v) is 12.0. The van der Waals surface area contributed by atoms with Crippen molar-refractivity contribution < 1.29 is 4.79 Å². The highest BCUT2D eigenvalue weighted by Crippen LogP contribution is 2.56. The maximum absolute atomic E-state index is 12.2. The highest BCUT2D eigenvalue weighted by Gasteiger charge is 2.49. The van der Waals surface area contributed by atoms with Crippen molar-refractivity contribution in [3.05, 3.63) is 11.1 Å². The van der Waals surface area contributed by atoms with Gasteiger partial charge in [0.25, 0.3) is 0 Å². The predicted molar refractivity (Wildman–Crippen MR) is 71.8 cm³/mol. The Balaban J connectivity index is 2.59. The van der Waals surface area contributed by atoms with E-state index in [4.69, 9.17) is 0 Å². The molecular weight excluding hydrogens is 208 g/mol. The molecule has 0 saturated heterocycles. The number of rotatable bonds is 1. The Morgan fingerprint density at radius 2 is 1.88 bits per heavy atom. The average Bonchev–Trinajstić information content (AvgIpc) is 2.22. The van der Waals surface area contributed by atoms with E-state index < -0.39 is 0 Å². The van der Waals surface area contributed by atoms with Crippen LogP contribution in [0.3, 0.4) is 0 Å². The van der Waals surface area contributed by atoms with Crippen LogP contribution < -0.4 is 0 Å². The summed E-state index contributed by atoms with van der Waals surface area (Å²) in [5.41, 5.74) is 3.14. The van der Waals surface area contributed by atoms with Gasteiger partial charge in [0.05, 0.1) is 5.41 Å². The summed E-state index contributed by atoms with van der Waals surface area (Å²) in [6.07, 6.45) is 6.18. The SMILES string of the molecule is CC(=O)[C@]1(C)C2=C(CCCC2(C)C)CC[C@H]1C. The summed E-state index contributed by atoms with van der Waals surface area (Å²) in [6, 6.07) is 0. The van der Waals surface area contributed by atoms with E-state index in [1.54, 1.807) is 12.5 Å². The molecule has 0 aliphatic heterocycles. The van der Waals surface area contributed by atoms with Crippen molar-refractivity contribution >= 4 is 5.78 Å². The fraction of sp³-hybridized carbons (Fsp3) is 0.812. The van der Waals surface area contributed by atoms with E-state index in [0.29, 0.717) is 11.7 Å². The van der Waals surface area contributed by atoms with Gasteiger partial charge in [0.1, 0.15) is 5.78 Å². The van der Waals surface area contributed by atoms with Crippen molar-refractivity contribution in [3.63, 3.8) is 0 Å². The number of hydrogen-bond donors (Lipinski definition) is 0. The van der Waals surface area contributed by atoms with Crippen molar-refractivity contribution in [1.29, 1.82) is 0 Å². The molecule has 2 atom stereocenters. The molecule has 1 nitrogen and oxygen atoms in total. The Morgan fingerprint density at radius 1 is 1.24 bits per heavy atom. The molecule has 17 heavy (non-hydrogen) atoms. The predicted octanol–water partition coefficient (Wildman–Crippen LogP) is 4.52. The number of hydrogen-bond acceptors (Lipinski definition) is 1. The quantitative estimate of drug-likeness (QED) is 0.610. The number of ketones is 1. The molecule has 96 valence electrons. The molecule has 0 unspecified atom stereocenters. The van der Waals surface area contributed by atoms with Crippen molar-refractivity contribution in [2.24, 2.45) is 16.7 Å². The van der Waals surface area contributed by atoms with Crippen molar-refractivity contribution in [2.45, 2.75) is 66.7 Å². The van der Waals surface area contributed by atoms with Crippen molar-refractivity contribution in [1.82, 2.24) is 0 Å². The van der Waals surface area contributed by atoms with E-state index in [0.717, 1.165) is 0 Å². The zero-order valence-electron chi connectivity index (χ0n) is 12.0. The molecule has 0 amide bonds. The molecule has 0 N–H and O–H groups in total. The third kappa shape index (κ3) is 1.78. The third-order valence-electron chi connectivity index (χ3n) is 5.43. The highest BCUT2D eigenvalue weighted by molar-refractivity contribution is 5.86. The summed E-state index contributed by atoms with van der Waals surface area (Å²) in [4.78, 5) is 12.2. The highest BCUT2D eigenvalue weighted by atomic mass is 16.1. The second-order valence-corrected chi connectivity index (χ2v) is 6.91. The van der Waals surface area contributed by atoms with Crippen LogP contribution in [0, 0.1) is 16.7 Å². The normalized spacial score (nSPS) is 36.6. The summed E-state index contributed by atoms with van der Waals surface area (Å²) in [7, 11) is 0. The summed E-state index contributed by atoms with van der Waals surface area (Å²) < 4.78 is 0. The van der Waals surface area contributed by atoms with Gasteiger partial charge in [-0.25, -0.2) is 0 Å². The topological polar surface area (TPSA) is 17.1 Å². The van der Waals surface area contributed by atoms with Crippen LogP contribution in [-0.2, 0) is 4.79 Å². The zero-order chi connectivity index (χ0) is 12.8. The van der Waals surface area contributed by atoms with Crippen LogP contribution in [-0.4, -0.2) is 5.78 Å². The van der Waals surface area contributed by atoms with E-state index >= 15 is 0 Å². The summed E-state index contributed by atoms with van der Waals surface area (Å²) in [6.45, 7) is 10.9. The third-order valence-corrected chi connectivity index (χ3v) is 5.43. The first kappa shape index (κ1) is 12.9. The first-order valence-corrected chi connectivity index (χ1v) is 7.04. The Labute approximate surface area is 106 Å². The Morgan fingerprint density at radius 3 is 2.47 bits per heavy atom. The van der Waals surface area contributed by atoms with E-state index in [9.17, 15) is 4.79 Å². The van der Waals surface area contributed by atoms with Gasteiger partial charge in [0.15, 0.2) is 0 Å². The second kappa shape index (κ2) is 3.96. The van der Waals surface area contributed by atoms with Crippen LogP contribution in [0.1, 0.15) is 66.7 Å². The molecule has 0 aromatic heterocycles. The van der Waals surface area contributed by atoms with Gasteiger partial charge in [-0.3, -0.25) is 4.79 Å². The van der Waals surface area contributed by atoms with Gasteiger partial charge in [-0.2, -0.15) is 0 Å². The molecule has 0 aromatic carbocycles. The number of carbonyl (C=O) groups excluding carboxylic acids is 1. The fourth-order valence-electron chi connectivity index (χ4n) is 4.24. The van der Waals surface area contributed by atoms with Crippen LogP contribution in [0.2, 0.25) is 0 Å². The summed E-state index contributed by atoms with van der Waals surface area (Å²) in [5, 5.41) is 0. The second-order valence-electron chi connectivity index (χ2n) is 6.91. The lowest BCUT2D eigenvalue weighted by atomic mass is 9.53. The molecule has 0 bridgehead atoms. The van der Waals surface area contributed by atoms with Crippen molar-refractivity contribution in [3.8, 4) is 0 Å². The molecular formula is C16H26O. The van der Waals surface area contributed by atoms with Gasteiger partial charge >= 0.3 is 0 Å². The molecule has 2 aliphatic rings. The molecule has 0 radical (unpaired) electrons. The first-order valence-electron chi connectivity index (χ1n) is 7.04. The van der Waals surface area contributed by atoms with Crippen LogP contribution in [0.15, 0.2) is 11.1 Å². The van der Waals surface area contributed by atoms with Gasteiger partial charge in [0, 0.05) is 0 Å². The van der Waals surface area contributed by atoms with Crippen LogP contribution in [0.5, 0.6) is 0 Å². The average molecular weight is 234 g/mol. The lowest BCUT2D eigenvalue weighted by Gasteiger charge is -2.50.